The van der Waals surface area contributed by atoms with E-state index in [-0.39, 0.29) is 23.7 Å². The van der Waals surface area contributed by atoms with Crippen molar-refractivity contribution in [1.82, 2.24) is 0 Å². The van der Waals surface area contributed by atoms with Crippen LogP contribution in [0.15, 0.2) is 63.7 Å². The Bertz CT molecular complexity index is 1020. The number of aryl methyl sites for hydroxylation is 1. The van der Waals surface area contributed by atoms with Gasteiger partial charge in [-0.3, -0.25) is 0 Å². The highest BCUT2D eigenvalue weighted by atomic mass is 32.2. The van der Waals surface area contributed by atoms with Gasteiger partial charge in [0.2, 0.25) is 0 Å². The van der Waals surface area contributed by atoms with Gasteiger partial charge in [0.15, 0.2) is 0 Å². The standard InChI is InChI=1S/C22H21NO5S/c1-4-28-22(26)19-20(25)18(12-14-5-10-17(24)13(2)11-14)29-21(19)23-15-6-8-16(27-3)9-7-15/h5-12,24-25H,4H2,1-3H3. The number of esters is 1. The number of methoxy groups -OCH3 is 1. The fraction of sp³-hybridized carbons (Fsp3) is 0.182. The first-order chi connectivity index (χ1) is 13.9. The molecule has 29 heavy (non-hydrogen) atoms. The highest BCUT2D eigenvalue weighted by molar-refractivity contribution is 8.18. The van der Waals surface area contributed by atoms with Gasteiger partial charge in [-0.15, -0.1) is 0 Å². The molecular formula is C22H21NO5S. The summed E-state index contributed by atoms with van der Waals surface area (Å²) in [6, 6.07) is 12.2. The molecule has 1 aliphatic rings. The molecule has 0 atom stereocenters. The third kappa shape index (κ3) is 4.63. The molecule has 1 aliphatic heterocycles. The van der Waals surface area contributed by atoms with Gasteiger partial charge >= 0.3 is 5.97 Å². The molecule has 0 amide bonds. The number of aliphatic imine (C=N–C) groups is 1. The van der Waals surface area contributed by atoms with Crippen LogP contribution in [0.5, 0.6) is 11.5 Å². The molecule has 6 nitrogen and oxygen atoms in total. The molecule has 2 aromatic rings. The number of aliphatic hydroxyl groups excluding tert-OH is 1. The zero-order valence-electron chi connectivity index (χ0n) is 16.3. The Balaban J connectivity index is 2.02. The van der Waals surface area contributed by atoms with Gasteiger partial charge in [-0.2, -0.15) is 0 Å². The first-order valence-electron chi connectivity index (χ1n) is 8.96. The largest absolute Gasteiger partial charge is 0.508 e. The normalized spacial score (nSPS) is 16.5. The fourth-order valence-corrected chi connectivity index (χ4v) is 3.72. The summed E-state index contributed by atoms with van der Waals surface area (Å²) in [4.78, 5) is 17.4. The lowest BCUT2D eigenvalue weighted by Gasteiger charge is -2.04. The van der Waals surface area contributed by atoms with Crippen LogP contribution < -0.4 is 4.74 Å². The van der Waals surface area contributed by atoms with Crippen LogP contribution in [0.25, 0.3) is 6.08 Å². The predicted octanol–water partition coefficient (Wildman–Crippen LogP) is 4.90. The molecule has 0 radical (unpaired) electrons. The highest BCUT2D eigenvalue weighted by Gasteiger charge is 2.33. The average molecular weight is 411 g/mol. The molecule has 3 rings (SSSR count). The molecule has 2 N–H and O–H groups in total. The molecule has 2 aromatic carbocycles. The fourth-order valence-electron chi connectivity index (χ4n) is 2.69. The number of hydrogen-bond acceptors (Lipinski definition) is 7. The second-order valence-electron chi connectivity index (χ2n) is 6.22. The SMILES string of the molecule is CCOC(=O)C1=C(O)C(=Cc2ccc(O)c(C)c2)SC1=Nc1ccc(OC)cc1. The number of phenols is 1. The molecule has 0 bridgehead atoms. The maximum absolute atomic E-state index is 12.4. The Hall–Kier alpha value is -3.19. The number of thioether (sulfide) groups is 1. The molecule has 0 fully saturated rings. The van der Waals surface area contributed by atoms with Crippen LogP contribution in [0.1, 0.15) is 18.1 Å². The van der Waals surface area contributed by atoms with Gasteiger partial charge in [0.05, 0.1) is 24.3 Å². The summed E-state index contributed by atoms with van der Waals surface area (Å²) in [6.07, 6.45) is 1.74. The summed E-state index contributed by atoms with van der Waals surface area (Å²) in [5.74, 6) is 0.0850. The summed E-state index contributed by atoms with van der Waals surface area (Å²) in [5.41, 5.74) is 2.14. The number of benzene rings is 2. The summed E-state index contributed by atoms with van der Waals surface area (Å²) >= 11 is 1.18. The third-order valence-electron chi connectivity index (χ3n) is 4.19. The van der Waals surface area contributed by atoms with Gasteiger partial charge in [0.25, 0.3) is 0 Å². The zero-order chi connectivity index (χ0) is 21.0. The molecule has 0 spiro atoms. The lowest BCUT2D eigenvalue weighted by atomic mass is 10.1. The molecule has 0 saturated carbocycles. The molecule has 150 valence electrons. The Morgan fingerprint density at radius 1 is 1.17 bits per heavy atom. The molecule has 0 unspecified atom stereocenters. The van der Waals surface area contributed by atoms with Gasteiger partial charge in [-0.25, -0.2) is 9.79 Å². The van der Waals surface area contributed by atoms with Crippen molar-refractivity contribution in [3.8, 4) is 11.5 Å². The number of hydrogen-bond donors (Lipinski definition) is 2. The van der Waals surface area contributed by atoms with E-state index in [0.717, 1.165) is 5.56 Å². The third-order valence-corrected chi connectivity index (χ3v) is 5.21. The lowest BCUT2D eigenvalue weighted by molar-refractivity contribution is -0.138. The number of carbonyl (C=O) groups is 1. The van der Waals surface area contributed by atoms with Crippen molar-refractivity contribution >= 4 is 34.5 Å². The maximum atomic E-state index is 12.4. The topological polar surface area (TPSA) is 88.4 Å². The molecule has 0 aromatic heterocycles. The minimum Gasteiger partial charge on any atom is -0.508 e. The maximum Gasteiger partial charge on any atom is 0.344 e. The summed E-state index contributed by atoms with van der Waals surface area (Å²) in [7, 11) is 1.58. The summed E-state index contributed by atoms with van der Waals surface area (Å²) in [5, 5.41) is 20.8. The number of aromatic hydroxyl groups is 1. The minimum atomic E-state index is -0.630. The van der Waals surface area contributed by atoms with E-state index in [1.807, 2.05) is 0 Å². The monoisotopic (exact) mass is 411 g/mol. The van der Waals surface area contributed by atoms with Crippen molar-refractivity contribution in [2.24, 2.45) is 4.99 Å². The van der Waals surface area contributed by atoms with Crippen molar-refractivity contribution in [2.45, 2.75) is 13.8 Å². The van der Waals surface area contributed by atoms with E-state index in [2.05, 4.69) is 4.99 Å². The van der Waals surface area contributed by atoms with Crippen LogP contribution in [0.4, 0.5) is 5.69 Å². The molecular weight excluding hydrogens is 390 g/mol. The van der Waals surface area contributed by atoms with E-state index in [1.54, 1.807) is 69.5 Å². The Kier molecular flexibility index (Phi) is 6.29. The van der Waals surface area contributed by atoms with Gasteiger partial charge in [-0.1, -0.05) is 17.8 Å². The van der Waals surface area contributed by atoms with Crippen molar-refractivity contribution in [1.29, 1.82) is 0 Å². The van der Waals surface area contributed by atoms with Crippen molar-refractivity contribution in [3.05, 3.63) is 69.8 Å². The lowest BCUT2D eigenvalue weighted by Crippen LogP contribution is -2.12. The van der Waals surface area contributed by atoms with E-state index in [4.69, 9.17) is 9.47 Å². The summed E-state index contributed by atoms with van der Waals surface area (Å²) in [6.45, 7) is 3.68. The second-order valence-corrected chi connectivity index (χ2v) is 7.25. The number of carbonyl (C=O) groups excluding carboxylic acids is 1. The minimum absolute atomic E-state index is 0.0365. The predicted molar refractivity (Wildman–Crippen MR) is 115 cm³/mol. The number of phenolic OH excluding ortho intramolecular Hbond substituents is 1. The van der Waals surface area contributed by atoms with Crippen LogP contribution >= 0.6 is 11.8 Å². The summed E-state index contributed by atoms with van der Waals surface area (Å²) < 4.78 is 10.2. The Morgan fingerprint density at radius 3 is 2.52 bits per heavy atom. The Morgan fingerprint density at radius 2 is 1.90 bits per heavy atom. The van der Waals surface area contributed by atoms with Gasteiger partial charge in [-0.05, 0) is 67.4 Å². The highest BCUT2D eigenvalue weighted by Crippen LogP contribution is 2.40. The molecule has 1 heterocycles. The van der Waals surface area contributed by atoms with Crippen LogP contribution in [-0.2, 0) is 9.53 Å². The number of rotatable bonds is 5. The molecule has 7 heteroatoms. The van der Waals surface area contributed by atoms with E-state index in [0.29, 0.717) is 26.9 Å². The average Bonchev–Trinajstić information content (AvgIpc) is 3.00. The quantitative estimate of drug-likeness (QED) is 0.680. The smallest absolute Gasteiger partial charge is 0.344 e. The second kappa shape index (κ2) is 8.87. The van der Waals surface area contributed by atoms with Gasteiger partial charge in [0.1, 0.15) is 27.9 Å². The molecule has 0 saturated heterocycles. The van der Waals surface area contributed by atoms with Crippen LogP contribution in [0.2, 0.25) is 0 Å². The Labute approximate surface area is 173 Å². The van der Waals surface area contributed by atoms with Crippen molar-refractivity contribution in [2.75, 3.05) is 13.7 Å². The number of ether oxygens (including phenoxy) is 2. The first kappa shape index (κ1) is 20.5. The first-order valence-corrected chi connectivity index (χ1v) is 9.77. The molecule has 0 aliphatic carbocycles. The van der Waals surface area contributed by atoms with E-state index >= 15 is 0 Å². The van der Waals surface area contributed by atoms with Gasteiger partial charge in [0, 0.05) is 0 Å². The van der Waals surface area contributed by atoms with E-state index in [9.17, 15) is 15.0 Å². The van der Waals surface area contributed by atoms with Crippen LogP contribution in [-0.4, -0.2) is 34.9 Å². The van der Waals surface area contributed by atoms with Crippen molar-refractivity contribution < 1.29 is 24.5 Å². The van der Waals surface area contributed by atoms with Crippen molar-refractivity contribution in [3.63, 3.8) is 0 Å². The van der Waals surface area contributed by atoms with Crippen LogP contribution in [0, 0.1) is 6.92 Å². The van der Waals surface area contributed by atoms with Gasteiger partial charge < -0.3 is 19.7 Å². The number of aliphatic hydroxyl groups is 1. The zero-order valence-corrected chi connectivity index (χ0v) is 17.1. The van der Waals surface area contributed by atoms with E-state index < -0.39 is 5.97 Å². The van der Waals surface area contributed by atoms with E-state index in [1.165, 1.54) is 11.8 Å². The number of nitrogens with zero attached hydrogens (tertiary/aromatic N) is 1. The van der Waals surface area contributed by atoms with Crippen LogP contribution in [0.3, 0.4) is 0 Å².